The third kappa shape index (κ3) is 5.15. The third-order valence-electron chi connectivity index (χ3n) is 3.44. The van der Waals surface area contributed by atoms with Gasteiger partial charge in [-0.25, -0.2) is 0 Å². The maximum Gasteiger partial charge on any atom is 0.0383 e. The van der Waals surface area contributed by atoms with E-state index in [-0.39, 0.29) is 24.8 Å². The molecule has 1 atom stereocenters. The number of halogens is 2. The second kappa shape index (κ2) is 9.38. The van der Waals surface area contributed by atoms with Crippen molar-refractivity contribution in [3.05, 3.63) is 48.0 Å². The van der Waals surface area contributed by atoms with Crippen LogP contribution in [-0.2, 0) is 0 Å². The Kier molecular flexibility index (Phi) is 9.11. The Labute approximate surface area is 129 Å². The molecule has 1 heterocycles. The number of benzene rings is 1. The van der Waals surface area contributed by atoms with E-state index in [1.165, 1.54) is 11.1 Å². The zero-order chi connectivity index (χ0) is 12.1. The highest BCUT2D eigenvalue weighted by Crippen LogP contribution is 2.25. The molecule has 108 valence electrons. The van der Waals surface area contributed by atoms with Gasteiger partial charge in [0.1, 0.15) is 0 Å². The Balaban J connectivity index is 0.00000162. The molecule has 0 saturated carbocycles. The number of nitrogens with zero attached hydrogens (tertiary/aromatic N) is 1. The first kappa shape index (κ1) is 18.5. The van der Waals surface area contributed by atoms with Crippen molar-refractivity contribution >= 4 is 24.8 Å². The van der Waals surface area contributed by atoms with Crippen molar-refractivity contribution in [1.29, 1.82) is 0 Å². The summed E-state index contributed by atoms with van der Waals surface area (Å²) in [6, 6.07) is 9.41. The van der Waals surface area contributed by atoms with Crippen molar-refractivity contribution in [2.75, 3.05) is 26.2 Å². The monoisotopic (exact) mass is 302 g/mol. The Bertz CT molecular complexity index is 359. The predicted octanol–water partition coefficient (Wildman–Crippen LogP) is 3.36. The van der Waals surface area contributed by atoms with Crippen LogP contribution in [0.5, 0.6) is 0 Å². The minimum absolute atomic E-state index is 0. The van der Waals surface area contributed by atoms with Gasteiger partial charge in [-0.3, -0.25) is 4.90 Å². The van der Waals surface area contributed by atoms with Crippen LogP contribution in [0.1, 0.15) is 23.6 Å². The van der Waals surface area contributed by atoms with Crippen molar-refractivity contribution in [1.82, 2.24) is 10.2 Å². The van der Waals surface area contributed by atoms with Crippen molar-refractivity contribution in [3.8, 4) is 0 Å². The zero-order valence-corrected chi connectivity index (χ0v) is 13.1. The van der Waals surface area contributed by atoms with Crippen LogP contribution in [0.2, 0.25) is 0 Å². The molecule has 0 aliphatic carbocycles. The average Bonchev–Trinajstić information content (AvgIpc) is 2.38. The lowest BCUT2D eigenvalue weighted by atomic mass is 10.00. The molecule has 1 saturated heterocycles. The average molecular weight is 303 g/mol. The highest BCUT2D eigenvalue weighted by atomic mass is 35.5. The minimum atomic E-state index is 0. The number of aryl methyl sites for hydroxylation is 1. The van der Waals surface area contributed by atoms with Crippen LogP contribution >= 0.6 is 24.8 Å². The van der Waals surface area contributed by atoms with Gasteiger partial charge in [-0.2, -0.15) is 0 Å². The summed E-state index contributed by atoms with van der Waals surface area (Å²) in [5, 5.41) is 3.40. The van der Waals surface area contributed by atoms with E-state index >= 15 is 0 Å². The second-order valence-electron chi connectivity index (χ2n) is 4.74. The van der Waals surface area contributed by atoms with Crippen molar-refractivity contribution in [2.24, 2.45) is 0 Å². The smallest absolute Gasteiger partial charge is 0.0383 e. The fourth-order valence-corrected chi connectivity index (χ4v) is 2.44. The van der Waals surface area contributed by atoms with Gasteiger partial charge in [-0.05, 0) is 18.9 Å². The van der Waals surface area contributed by atoms with Gasteiger partial charge >= 0.3 is 0 Å². The SMILES string of the molecule is C=CC[C@@H](c1ccc(C)cc1)N1CCNCC1.Cl.Cl. The van der Waals surface area contributed by atoms with Gasteiger partial charge in [-0.1, -0.05) is 35.9 Å². The highest BCUT2D eigenvalue weighted by molar-refractivity contribution is 5.85. The molecule has 1 aliphatic heterocycles. The van der Waals surface area contributed by atoms with E-state index in [1.807, 2.05) is 6.08 Å². The minimum Gasteiger partial charge on any atom is -0.314 e. The van der Waals surface area contributed by atoms with Crippen LogP contribution in [0.15, 0.2) is 36.9 Å². The van der Waals surface area contributed by atoms with Crippen molar-refractivity contribution < 1.29 is 0 Å². The van der Waals surface area contributed by atoms with E-state index in [0.29, 0.717) is 6.04 Å². The van der Waals surface area contributed by atoms with Crippen molar-refractivity contribution in [2.45, 2.75) is 19.4 Å². The first-order chi connectivity index (χ1) is 8.31. The standard InChI is InChI=1S/C15H22N2.2ClH/c1-3-4-15(17-11-9-16-10-12-17)14-7-5-13(2)6-8-14;;/h3,5-8,15-16H,1,4,9-12H2,2H3;2*1H/t15-;;/m0../s1. The normalized spacial score (nSPS) is 16.9. The van der Waals surface area contributed by atoms with Gasteiger partial charge in [0, 0.05) is 32.2 Å². The largest absolute Gasteiger partial charge is 0.314 e. The molecule has 0 spiro atoms. The molecule has 1 N–H and O–H groups in total. The Hall–Kier alpha value is -0.540. The van der Waals surface area contributed by atoms with Crippen LogP contribution in [0, 0.1) is 6.92 Å². The van der Waals surface area contributed by atoms with Gasteiger partial charge in [0.15, 0.2) is 0 Å². The number of hydrogen-bond donors (Lipinski definition) is 1. The van der Waals surface area contributed by atoms with E-state index in [1.54, 1.807) is 0 Å². The molecule has 1 aromatic carbocycles. The topological polar surface area (TPSA) is 15.3 Å². The van der Waals surface area contributed by atoms with Crippen LogP contribution < -0.4 is 5.32 Å². The lowest BCUT2D eigenvalue weighted by molar-refractivity contribution is 0.174. The van der Waals surface area contributed by atoms with Gasteiger partial charge in [0.25, 0.3) is 0 Å². The molecule has 2 rings (SSSR count). The molecule has 1 fully saturated rings. The summed E-state index contributed by atoms with van der Waals surface area (Å²) in [4.78, 5) is 2.56. The lowest BCUT2D eigenvalue weighted by Gasteiger charge is -2.34. The summed E-state index contributed by atoms with van der Waals surface area (Å²) >= 11 is 0. The van der Waals surface area contributed by atoms with Gasteiger partial charge in [0.05, 0.1) is 0 Å². The van der Waals surface area contributed by atoms with Crippen LogP contribution in [-0.4, -0.2) is 31.1 Å². The molecule has 0 radical (unpaired) electrons. The summed E-state index contributed by atoms with van der Waals surface area (Å²) in [6.45, 7) is 10.5. The molecule has 0 unspecified atom stereocenters. The second-order valence-corrected chi connectivity index (χ2v) is 4.74. The highest BCUT2D eigenvalue weighted by Gasteiger charge is 2.20. The molecule has 1 aromatic rings. The van der Waals surface area contributed by atoms with E-state index in [9.17, 15) is 0 Å². The molecule has 0 amide bonds. The Morgan fingerprint density at radius 3 is 2.32 bits per heavy atom. The van der Waals surface area contributed by atoms with Crippen LogP contribution in [0.25, 0.3) is 0 Å². The summed E-state index contributed by atoms with van der Waals surface area (Å²) in [5.41, 5.74) is 2.74. The maximum atomic E-state index is 3.90. The lowest BCUT2D eigenvalue weighted by Crippen LogP contribution is -2.45. The summed E-state index contributed by atoms with van der Waals surface area (Å²) in [5.74, 6) is 0. The first-order valence-corrected chi connectivity index (χ1v) is 6.43. The Morgan fingerprint density at radius 1 is 1.21 bits per heavy atom. The predicted molar refractivity (Wildman–Crippen MR) is 87.7 cm³/mol. The van der Waals surface area contributed by atoms with Gasteiger partial charge in [0.2, 0.25) is 0 Å². The van der Waals surface area contributed by atoms with Gasteiger partial charge in [-0.15, -0.1) is 31.4 Å². The molecule has 0 aromatic heterocycles. The molecule has 2 nitrogen and oxygen atoms in total. The molecular formula is C15H24Cl2N2. The fraction of sp³-hybridized carbons (Fsp3) is 0.467. The number of rotatable bonds is 4. The maximum absolute atomic E-state index is 3.90. The fourth-order valence-electron chi connectivity index (χ4n) is 2.44. The summed E-state index contributed by atoms with van der Waals surface area (Å²) in [6.07, 6.45) is 3.07. The molecule has 0 bridgehead atoms. The first-order valence-electron chi connectivity index (χ1n) is 6.43. The molecular weight excluding hydrogens is 279 g/mol. The van der Waals surface area contributed by atoms with E-state index in [4.69, 9.17) is 0 Å². The van der Waals surface area contributed by atoms with Crippen LogP contribution in [0.3, 0.4) is 0 Å². The quantitative estimate of drug-likeness (QED) is 0.858. The van der Waals surface area contributed by atoms with E-state index in [2.05, 4.69) is 48.0 Å². The molecule has 4 heteroatoms. The summed E-state index contributed by atoms with van der Waals surface area (Å²) in [7, 11) is 0. The van der Waals surface area contributed by atoms with Crippen molar-refractivity contribution in [3.63, 3.8) is 0 Å². The molecule has 19 heavy (non-hydrogen) atoms. The van der Waals surface area contributed by atoms with Gasteiger partial charge < -0.3 is 5.32 Å². The molecule has 1 aliphatic rings. The third-order valence-corrected chi connectivity index (χ3v) is 3.44. The van der Waals surface area contributed by atoms with Crippen LogP contribution in [0.4, 0.5) is 0 Å². The number of piperazine rings is 1. The zero-order valence-electron chi connectivity index (χ0n) is 11.5. The number of hydrogen-bond acceptors (Lipinski definition) is 2. The summed E-state index contributed by atoms with van der Waals surface area (Å²) < 4.78 is 0. The Morgan fingerprint density at radius 2 is 1.79 bits per heavy atom. The number of nitrogens with one attached hydrogen (secondary N) is 1. The van der Waals surface area contributed by atoms with E-state index in [0.717, 1.165) is 32.6 Å². The van der Waals surface area contributed by atoms with E-state index < -0.39 is 0 Å².